The van der Waals surface area contributed by atoms with Gasteiger partial charge in [0.2, 0.25) is 5.96 Å². The van der Waals surface area contributed by atoms with Crippen molar-refractivity contribution in [1.82, 2.24) is 10.3 Å². The fraction of sp³-hybridized carbons (Fsp3) is 0.909. The molecule has 0 atom stereocenters. The normalized spacial score (nSPS) is 16.6. The van der Waals surface area contributed by atoms with Crippen LogP contribution < -0.4 is 11.3 Å². The number of nitrogens with two attached hydrogens (primary N) is 1. The molecular formula is C11H24N4. The summed E-state index contributed by atoms with van der Waals surface area (Å²) < 4.78 is 0. The van der Waals surface area contributed by atoms with Crippen LogP contribution in [0.5, 0.6) is 0 Å². The number of hydrazine groups is 1. The van der Waals surface area contributed by atoms with Crippen molar-refractivity contribution in [3.8, 4) is 0 Å². The molecule has 88 valence electrons. The molecule has 0 unspecified atom stereocenters. The first-order chi connectivity index (χ1) is 7.33. The highest BCUT2D eigenvalue weighted by atomic mass is 15.4. The lowest BCUT2D eigenvalue weighted by Crippen LogP contribution is -2.46. The van der Waals surface area contributed by atoms with E-state index < -0.39 is 0 Å². The minimum absolute atomic E-state index is 0.682. The lowest BCUT2D eigenvalue weighted by Gasteiger charge is -2.24. The second kappa shape index (κ2) is 6.67. The predicted molar refractivity (Wildman–Crippen MR) is 64.6 cm³/mol. The Kier molecular flexibility index (Phi) is 5.47. The number of guanidine groups is 1. The van der Waals surface area contributed by atoms with E-state index in [2.05, 4.69) is 29.2 Å². The van der Waals surface area contributed by atoms with Crippen LogP contribution in [0, 0.1) is 0 Å². The topological polar surface area (TPSA) is 53.6 Å². The lowest BCUT2D eigenvalue weighted by molar-refractivity contribution is 0.392. The van der Waals surface area contributed by atoms with E-state index in [1.807, 2.05) is 0 Å². The molecule has 4 nitrogen and oxygen atoms in total. The average molecular weight is 212 g/mol. The Hall–Kier alpha value is -0.770. The molecule has 0 amide bonds. The Morgan fingerprint density at radius 1 is 1.40 bits per heavy atom. The Labute approximate surface area is 92.9 Å². The molecule has 0 radical (unpaired) electrons. The van der Waals surface area contributed by atoms with Gasteiger partial charge in [0.05, 0.1) is 0 Å². The third-order valence-electron chi connectivity index (χ3n) is 2.63. The summed E-state index contributed by atoms with van der Waals surface area (Å²) in [6.07, 6.45) is 6.03. The molecule has 0 aromatic heterocycles. The maximum absolute atomic E-state index is 5.53. The minimum atomic E-state index is 0.682. The molecule has 0 heterocycles. The van der Waals surface area contributed by atoms with Crippen LogP contribution in [0.2, 0.25) is 0 Å². The van der Waals surface area contributed by atoms with E-state index in [1.54, 1.807) is 0 Å². The second-order valence-corrected chi connectivity index (χ2v) is 4.13. The Balaban J connectivity index is 2.47. The van der Waals surface area contributed by atoms with Gasteiger partial charge in [-0.2, -0.15) is 0 Å². The molecule has 0 aromatic rings. The van der Waals surface area contributed by atoms with Crippen LogP contribution in [-0.4, -0.2) is 30.0 Å². The van der Waals surface area contributed by atoms with Gasteiger partial charge in [0.25, 0.3) is 0 Å². The fourth-order valence-corrected chi connectivity index (χ4v) is 1.65. The summed E-state index contributed by atoms with van der Waals surface area (Å²) in [6.45, 7) is 6.30. The zero-order chi connectivity index (χ0) is 11.1. The number of unbranched alkanes of at least 4 members (excludes halogenated alkanes) is 1. The van der Waals surface area contributed by atoms with Crippen LogP contribution in [0.1, 0.15) is 46.0 Å². The number of hydrogen-bond acceptors (Lipinski definition) is 2. The molecular weight excluding hydrogens is 188 g/mol. The van der Waals surface area contributed by atoms with Gasteiger partial charge in [0, 0.05) is 19.1 Å². The summed E-state index contributed by atoms with van der Waals surface area (Å²) in [7, 11) is 0. The summed E-state index contributed by atoms with van der Waals surface area (Å²) in [4.78, 5) is 6.83. The minimum Gasteiger partial charge on any atom is -0.339 e. The molecule has 4 heteroatoms. The summed E-state index contributed by atoms with van der Waals surface area (Å²) in [5, 5.41) is 0. The van der Waals surface area contributed by atoms with E-state index in [9.17, 15) is 0 Å². The van der Waals surface area contributed by atoms with E-state index >= 15 is 0 Å². The molecule has 15 heavy (non-hydrogen) atoms. The molecule has 0 aromatic carbocycles. The van der Waals surface area contributed by atoms with Crippen molar-refractivity contribution in [3.05, 3.63) is 0 Å². The maximum atomic E-state index is 5.53. The van der Waals surface area contributed by atoms with Crippen molar-refractivity contribution in [2.24, 2.45) is 10.8 Å². The first-order valence-electron chi connectivity index (χ1n) is 6.11. The van der Waals surface area contributed by atoms with Crippen LogP contribution in [-0.2, 0) is 0 Å². The number of hydrogen-bond donors (Lipinski definition) is 2. The van der Waals surface area contributed by atoms with E-state index in [0.717, 1.165) is 31.9 Å². The van der Waals surface area contributed by atoms with Gasteiger partial charge in [-0.25, -0.2) is 5.84 Å². The quantitative estimate of drug-likeness (QED) is 0.230. The van der Waals surface area contributed by atoms with Gasteiger partial charge in [-0.15, -0.1) is 0 Å². The van der Waals surface area contributed by atoms with Crippen molar-refractivity contribution < 1.29 is 0 Å². The van der Waals surface area contributed by atoms with Crippen LogP contribution in [0.15, 0.2) is 4.99 Å². The highest BCUT2D eigenvalue weighted by Crippen LogP contribution is 2.26. The third-order valence-corrected chi connectivity index (χ3v) is 2.63. The summed E-state index contributed by atoms with van der Waals surface area (Å²) in [6, 6.07) is 0.682. The molecule has 1 aliphatic rings. The van der Waals surface area contributed by atoms with Crippen molar-refractivity contribution >= 4 is 5.96 Å². The van der Waals surface area contributed by atoms with Gasteiger partial charge in [0.15, 0.2) is 0 Å². The SMILES string of the molecule is CCCCN=C(NN)N(CCC)C1CC1. The Morgan fingerprint density at radius 3 is 2.60 bits per heavy atom. The van der Waals surface area contributed by atoms with Crippen molar-refractivity contribution in [1.29, 1.82) is 0 Å². The monoisotopic (exact) mass is 212 g/mol. The number of aliphatic imine (C=N–C) groups is 1. The van der Waals surface area contributed by atoms with Gasteiger partial charge in [-0.05, 0) is 25.7 Å². The lowest BCUT2D eigenvalue weighted by atomic mass is 10.3. The van der Waals surface area contributed by atoms with E-state index in [4.69, 9.17) is 5.84 Å². The Bertz CT molecular complexity index is 199. The van der Waals surface area contributed by atoms with E-state index in [-0.39, 0.29) is 0 Å². The highest BCUT2D eigenvalue weighted by Gasteiger charge is 2.30. The maximum Gasteiger partial charge on any atom is 0.208 e. The smallest absolute Gasteiger partial charge is 0.208 e. The molecule has 1 saturated carbocycles. The van der Waals surface area contributed by atoms with Crippen molar-refractivity contribution in [3.63, 3.8) is 0 Å². The first kappa shape index (κ1) is 12.3. The Morgan fingerprint density at radius 2 is 2.13 bits per heavy atom. The zero-order valence-corrected chi connectivity index (χ0v) is 10.00. The molecule has 1 rings (SSSR count). The molecule has 1 aliphatic carbocycles. The van der Waals surface area contributed by atoms with Crippen molar-refractivity contribution in [2.75, 3.05) is 13.1 Å². The zero-order valence-electron chi connectivity index (χ0n) is 10.00. The van der Waals surface area contributed by atoms with Gasteiger partial charge in [-0.3, -0.25) is 10.4 Å². The predicted octanol–water partition coefficient (Wildman–Crippen LogP) is 1.48. The summed E-state index contributed by atoms with van der Waals surface area (Å²) >= 11 is 0. The van der Waals surface area contributed by atoms with Crippen LogP contribution in [0.25, 0.3) is 0 Å². The molecule has 0 aliphatic heterocycles. The molecule has 3 N–H and O–H groups in total. The molecule has 1 fully saturated rings. The van der Waals surface area contributed by atoms with Gasteiger partial charge >= 0.3 is 0 Å². The third kappa shape index (κ3) is 4.08. The molecule has 0 spiro atoms. The van der Waals surface area contributed by atoms with Gasteiger partial charge in [-0.1, -0.05) is 20.3 Å². The van der Waals surface area contributed by atoms with E-state index in [1.165, 1.54) is 19.3 Å². The van der Waals surface area contributed by atoms with Crippen LogP contribution in [0.4, 0.5) is 0 Å². The fourth-order valence-electron chi connectivity index (χ4n) is 1.65. The van der Waals surface area contributed by atoms with Crippen LogP contribution >= 0.6 is 0 Å². The molecule has 0 saturated heterocycles. The second-order valence-electron chi connectivity index (χ2n) is 4.13. The number of nitrogens with one attached hydrogen (secondary N) is 1. The van der Waals surface area contributed by atoms with Gasteiger partial charge in [0.1, 0.15) is 0 Å². The number of rotatable bonds is 6. The van der Waals surface area contributed by atoms with Crippen molar-refractivity contribution in [2.45, 2.75) is 52.0 Å². The summed E-state index contributed by atoms with van der Waals surface area (Å²) in [5.41, 5.74) is 2.74. The summed E-state index contributed by atoms with van der Waals surface area (Å²) in [5.74, 6) is 6.41. The largest absolute Gasteiger partial charge is 0.339 e. The first-order valence-corrected chi connectivity index (χ1v) is 6.11. The highest BCUT2D eigenvalue weighted by molar-refractivity contribution is 5.80. The standard InChI is InChI=1S/C11H24N4/c1-3-5-8-13-11(14-12)15(9-4-2)10-6-7-10/h10H,3-9,12H2,1-2H3,(H,13,14). The number of nitrogens with zero attached hydrogens (tertiary/aromatic N) is 2. The van der Waals surface area contributed by atoms with Crippen LogP contribution in [0.3, 0.4) is 0 Å². The average Bonchev–Trinajstić information content (AvgIpc) is 3.06. The van der Waals surface area contributed by atoms with E-state index in [0.29, 0.717) is 6.04 Å². The van der Waals surface area contributed by atoms with Gasteiger partial charge < -0.3 is 4.90 Å². The molecule has 0 bridgehead atoms.